The lowest BCUT2D eigenvalue weighted by Gasteiger charge is -2.20. The summed E-state index contributed by atoms with van der Waals surface area (Å²) in [6, 6.07) is -2.70. The molecule has 6 N–H and O–H groups in total. The van der Waals surface area contributed by atoms with E-state index in [0.29, 0.717) is 12.2 Å². The molecule has 11 heteroatoms. The van der Waals surface area contributed by atoms with Gasteiger partial charge in [0.15, 0.2) is 0 Å². The minimum Gasteiger partial charge on any atom is -0.480 e. The van der Waals surface area contributed by atoms with E-state index >= 15 is 0 Å². The molecule has 0 saturated carbocycles. The van der Waals surface area contributed by atoms with Crippen LogP contribution in [0.3, 0.4) is 0 Å². The van der Waals surface area contributed by atoms with E-state index in [9.17, 15) is 19.2 Å². The van der Waals surface area contributed by atoms with E-state index in [1.165, 1.54) is 11.8 Å². The van der Waals surface area contributed by atoms with Crippen LogP contribution in [0.2, 0.25) is 0 Å². The number of hydrogen-bond acceptors (Lipinski definition) is 7. The number of aliphatic hydroxyl groups excluding tert-OH is 1. The van der Waals surface area contributed by atoms with E-state index in [0.717, 1.165) is 13.0 Å². The van der Waals surface area contributed by atoms with Gasteiger partial charge in [0.05, 0.1) is 19.2 Å². The number of carboxylic acid groups (broad SMARTS) is 1. The number of carboxylic acids is 1. The van der Waals surface area contributed by atoms with Crippen LogP contribution < -0.4 is 21.3 Å². The average Bonchev–Trinajstić information content (AvgIpc) is 3.15. The summed E-state index contributed by atoms with van der Waals surface area (Å²) in [6.07, 6.45) is 3.73. The number of carbonyl (C=O) groups excluding carboxylic acids is 3. The first kappa shape index (κ1) is 22.2. The Morgan fingerprint density at radius 2 is 1.96 bits per heavy atom. The molecule has 1 rings (SSSR count). The summed E-state index contributed by atoms with van der Waals surface area (Å²) in [6.45, 7) is -0.270. The summed E-state index contributed by atoms with van der Waals surface area (Å²) >= 11 is 1.47. The highest BCUT2D eigenvalue weighted by Gasteiger charge is 2.26. The Balaban J connectivity index is 2.53. The fourth-order valence-corrected chi connectivity index (χ4v) is 2.88. The number of carbonyl (C=O) groups is 4. The number of aliphatic carboxylic acids is 1. The average molecular weight is 390 g/mol. The second kappa shape index (κ2) is 11.7. The predicted octanol–water partition coefficient (Wildman–Crippen LogP) is -2.35. The smallest absolute Gasteiger partial charge is 0.328 e. The molecule has 3 amide bonds. The maximum atomic E-state index is 12.2. The van der Waals surface area contributed by atoms with Crippen LogP contribution in [0.1, 0.15) is 19.3 Å². The molecule has 3 atom stereocenters. The molecule has 0 bridgehead atoms. The summed E-state index contributed by atoms with van der Waals surface area (Å²) in [7, 11) is 0. The third-order valence-corrected chi connectivity index (χ3v) is 4.50. The van der Waals surface area contributed by atoms with Crippen LogP contribution >= 0.6 is 11.8 Å². The summed E-state index contributed by atoms with van der Waals surface area (Å²) in [5.74, 6) is -2.32. The first-order valence-corrected chi connectivity index (χ1v) is 9.71. The minimum atomic E-state index is -1.44. The zero-order valence-corrected chi connectivity index (χ0v) is 15.4. The number of thioether (sulfide) groups is 1. The molecule has 10 nitrogen and oxygen atoms in total. The Labute approximate surface area is 155 Å². The van der Waals surface area contributed by atoms with Crippen LogP contribution in [-0.4, -0.2) is 83.7 Å². The number of aliphatic hydroxyl groups is 1. The Morgan fingerprint density at radius 3 is 2.50 bits per heavy atom. The van der Waals surface area contributed by atoms with Gasteiger partial charge < -0.3 is 31.5 Å². The minimum absolute atomic E-state index is 0.269. The van der Waals surface area contributed by atoms with Crippen LogP contribution in [-0.2, 0) is 19.2 Å². The maximum Gasteiger partial charge on any atom is 0.328 e. The van der Waals surface area contributed by atoms with Crippen LogP contribution in [0, 0.1) is 0 Å². The zero-order valence-electron chi connectivity index (χ0n) is 14.6. The maximum absolute atomic E-state index is 12.2. The lowest BCUT2D eigenvalue weighted by atomic mass is 10.2. The number of rotatable bonds is 11. The molecule has 0 spiro atoms. The molecule has 3 unspecified atom stereocenters. The third-order valence-electron chi connectivity index (χ3n) is 3.86. The molecule has 0 aromatic carbocycles. The van der Waals surface area contributed by atoms with Crippen molar-refractivity contribution in [2.24, 2.45) is 0 Å². The van der Waals surface area contributed by atoms with Crippen molar-refractivity contribution in [3.05, 3.63) is 0 Å². The highest BCUT2D eigenvalue weighted by Crippen LogP contribution is 2.04. The van der Waals surface area contributed by atoms with E-state index in [4.69, 9.17) is 10.2 Å². The van der Waals surface area contributed by atoms with Crippen molar-refractivity contribution in [2.75, 3.05) is 31.7 Å². The van der Waals surface area contributed by atoms with Gasteiger partial charge >= 0.3 is 5.97 Å². The van der Waals surface area contributed by atoms with Crippen LogP contribution in [0.5, 0.6) is 0 Å². The Bertz CT molecular complexity index is 512. The second-order valence-corrected chi connectivity index (χ2v) is 6.84. The van der Waals surface area contributed by atoms with Gasteiger partial charge in [0.1, 0.15) is 12.1 Å². The van der Waals surface area contributed by atoms with Crippen molar-refractivity contribution < 1.29 is 29.4 Å². The van der Waals surface area contributed by atoms with Crippen molar-refractivity contribution in [3.63, 3.8) is 0 Å². The summed E-state index contributed by atoms with van der Waals surface area (Å²) in [5.41, 5.74) is 0. The van der Waals surface area contributed by atoms with Crippen molar-refractivity contribution in [2.45, 2.75) is 37.4 Å². The summed E-state index contributed by atoms with van der Waals surface area (Å²) < 4.78 is 0. The highest BCUT2D eigenvalue weighted by molar-refractivity contribution is 7.98. The largest absolute Gasteiger partial charge is 0.480 e. The van der Waals surface area contributed by atoms with Gasteiger partial charge in [-0.25, -0.2) is 4.79 Å². The number of nitrogens with one attached hydrogen (secondary N) is 4. The molecule has 0 aliphatic carbocycles. The molecule has 148 valence electrons. The van der Waals surface area contributed by atoms with E-state index in [1.807, 2.05) is 6.26 Å². The van der Waals surface area contributed by atoms with Crippen molar-refractivity contribution in [1.82, 2.24) is 21.3 Å². The summed E-state index contributed by atoms with van der Waals surface area (Å²) in [5, 5.41) is 28.1. The first-order chi connectivity index (χ1) is 12.4. The molecule has 0 radical (unpaired) electrons. The second-order valence-electron chi connectivity index (χ2n) is 5.85. The lowest BCUT2D eigenvalue weighted by Crippen LogP contribution is -2.54. The topological polar surface area (TPSA) is 157 Å². The monoisotopic (exact) mass is 390 g/mol. The van der Waals surface area contributed by atoms with Gasteiger partial charge in [-0.1, -0.05) is 0 Å². The molecule has 0 aromatic rings. The molecule has 1 heterocycles. The van der Waals surface area contributed by atoms with Crippen LogP contribution in [0.4, 0.5) is 0 Å². The Morgan fingerprint density at radius 1 is 1.23 bits per heavy atom. The number of hydrogen-bond donors (Lipinski definition) is 6. The lowest BCUT2D eigenvalue weighted by molar-refractivity contribution is -0.143. The predicted molar refractivity (Wildman–Crippen MR) is 95.6 cm³/mol. The molecule has 1 aliphatic heterocycles. The third kappa shape index (κ3) is 7.58. The highest BCUT2D eigenvalue weighted by atomic mass is 32.2. The molecule has 1 aliphatic rings. The molecule has 1 fully saturated rings. The summed E-state index contributed by atoms with van der Waals surface area (Å²) in [4.78, 5) is 47.0. The molecule has 0 aromatic heterocycles. The Hall–Kier alpha value is -1.85. The normalized spacial score (nSPS) is 18.6. The van der Waals surface area contributed by atoms with Gasteiger partial charge in [0.2, 0.25) is 17.7 Å². The Kier molecular flexibility index (Phi) is 9.99. The van der Waals surface area contributed by atoms with Gasteiger partial charge in [-0.3, -0.25) is 14.4 Å². The SMILES string of the molecule is CSCCC(NC(=O)CNC(=O)C1CCCN1)C(=O)NC(CO)C(=O)O. The molecular weight excluding hydrogens is 364 g/mol. The fourth-order valence-electron chi connectivity index (χ4n) is 2.41. The van der Waals surface area contributed by atoms with Crippen molar-refractivity contribution in [3.8, 4) is 0 Å². The van der Waals surface area contributed by atoms with Gasteiger partial charge in [-0.15, -0.1) is 0 Å². The van der Waals surface area contributed by atoms with Gasteiger partial charge in [-0.2, -0.15) is 11.8 Å². The van der Waals surface area contributed by atoms with E-state index < -0.39 is 36.5 Å². The zero-order chi connectivity index (χ0) is 19.5. The quantitative estimate of drug-likeness (QED) is 0.229. The van der Waals surface area contributed by atoms with E-state index in [-0.39, 0.29) is 24.9 Å². The van der Waals surface area contributed by atoms with Crippen molar-refractivity contribution in [1.29, 1.82) is 0 Å². The van der Waals surface area contributed by atoms with Gasteiger partial charge in [-0.05, 0) is 37.8 Å². The molecule has 1 saturated heterocycles. The first-order valence-electron chi connectivity index (χ1n) is 8.32. The van der Waals surface area contributed by atoms with Gasteiger partial charge in [0, 0.05) is 0 Å². The number of amides is 3. The van der Waals surface area contributed by atoms with E-state index in [1.54, 1.807) is 0 Å². The van der Waals surface area contributed by atoms with Crippen LogP contribution in [0.15, 0.2) is 0 Å². The molecular formula is C15H26N4O6S. The van der Waals surface area contributed by atoms with Crippen molar-refractivity contribution >= 4 is 35.5 Å². The standard InChI is InChI=1S/C15H26N4O6S/c1-26-6-4-10(14(23)19-11(8-20)15(24)25)18-12(21)7-17-13(22)9-3-2-5-16-9/h9-11,16,20H,2-8H2,1H3,(H,17,22)(H,18,21)(H,19,23)(H,24,25). The fraction of sp³-hybridized carbons (Fsp3) is 0.733. The van der Waals surface area contributed by atoms with Gasteiger partial charge in [0.25, 0.3) is 0 Å². The van der Waals surface area contributed by atoms with Crippen LogP contribution in [0.25, 0.3) is 0 Å². The molecule has 26 heavy (non-hydrogen) atoms. The van der Waals surface area contributed by atoms with E-state index in [2.05, 4.69) is 21.3 Å².